The van der Waals surface area contributed by atoms with Crippen molar-refractivity contribution in [2.75, 3.05) is 18.9 Å². The van der Waals surface area contributed by atoms with E-state index in [-0.39, 0.29) is 23.9 Å². The zero-order valence-electron chi connectivity index (χ0n) is 15.9. The number of benzene rings is 2. The standard InChI is InChI=1S/C21H27N3O2/c1-21(2,3)22-14-19(25)23-18-12-8-11-17(13-18)20(26)24(4)15-16-9-6-5-7-10-16/h5-13,22H,14-15H2,1-4H3,(H,23,25). The fourth-order valence-electron chi connectivity index (χ4n) is 2.43. The number of hydrogen-bond acceptors (Lipinski definition) is 3. The minimum absolute atomic E-state index is 0.0854. The molecule has 0 aromatic heterocycles. The summed E-state index contributed by atoms with van der Waals surface area (Å²) in [4.78, 5) is 26.4. The SMILES string of the molecule is CN(Cc1ccccc1)C(=O)c1cccc(NC(=O)CNC(C)(C)C)c1. The Morgan fingerprint density at radius 1 is 1.00 bits per heavy atom. The Bertz CT molecular complexity index is 751. The van der Waals surface area contributed by atoms with Crippen LogP contribution in [0.2, 0.25) is 0 Å². The van der Waals surface area contributed by atoms with Crippen LogP contribution < -0.4 is 10.6 Å². The van der Waals surface area contributed by atoms with E-state index in [2.05, 4.69) is 10.6 Å². The second-order valence-corrected chi connectivity index (χ2v) is 7.38. The normalized spacial score (nSPS) is 11.1. The zero-order chi connectivity index (χ0) is 19.2. The van der Waals surface area contributed by atoms with Gasteiger partial charge in [0.1, 0.15) is 0 Å². The smallest absolute Gasteiger partial charge is 0.253 e. The highest BCUT2D eigenvalue weighted by atomic mass is 16.2. The summed E-state index contributed by atoms with van der Waals surface area (Å²) in [7, 11) is 1.77. The molecule has 2 aromatic carbocycles. The molecule has 0 spiro atoms. The van der Waals surface area contributed by atoms with Gasteiger partial charge in [0.15, 0.2) is 0 Å². The van der Waals surface area contributed by atoms with Gasteiger partial charge in [0, 0.05) is 30.4 Å². The Labute approximate surface area is 155 Å². The molecule has 0 aliphatic carbocycles. The van der Waals surface area contributed by atoms with Gasteiger partial charge in [-0.25, -0.2) is 0 Å². The summed E-state index contributed by atoms with van der Waals surface area (Å²) >= 11 is 0. The molecule has 0 saturated heterocycles. The molecule has 5 heteroatoms. The molecule has 2 aromatic rings. The van der Waals surface area contributed by atoms with Crippen LogP contribution in [0, 0.1) is 0 Å². The lowest BCUT2D eigenvalue weighted by Gasteiger charge is -2.20. The Hall–Kier alpha value is -2.66. The second kappa shape index (κ2) is 8.63. The topological polar surface area (TPSA) is 61.4 Å². The third-order valence-electron chi connectivity index (χ3n) is 3.78. The summed E-state index contributed by atoms with van der Waals surface area (Å²) in [5.74, 6) is -0.222. The third kappa shape index (κ3) is 6.33. The van der Waals surface area contributed by atoms with E-state index in [1.54, 1.807) is 36.2 Å². The van der Waals surface area contributed by atoms with Crippen LogP contribution in [-0.2, 0) is 11.3 Å². The number of hydrogen-bond donors (Lipinski definition) is 2. The molecule has 0 bridgehead atoms. The van der Waals surface area contributed by atoms with E-state index in [1.165, 1.54) is 0 Å². The van der Waals surface area contributed by atoms with E-state index >= 15 is 0 Å². The lowest BCUT2D eigenvalue weighted by atomic mass is 10.1. The van der Waals surface area contributed by atoms with Crippen LogP contribution in [0.1, 0.15) is 36.7 Å². The molecule has 0 aliphatic rings. The Morgan fingerprint density at radius 3 is 2.35 bits per heavy atom. The van der Waals surface area contributed by atoms with Crippen LogP contribution in [0.5, 0.6) is 0 Å². The van der Waals surface area contributed by atoms with Crippen molar-refractivity contribution in [3.8, 4) is 0 Å². The number of nitrogens with zero attached hydrogens (tertiary/aromatic N) is 1. The molecule has 26 heavy (non-hydrogen) atoms. The number of carbonyl (C=O) groups is 2. The molecular weight excluding hydrogens is 326 g/mol. The van der Waals surface area contributed by atoms with Crippen molar-refractivity contribution in [2.24, 2.45) is 0 Å². The second-order valence-electron chi connectivity index (χ2n) is 7.38. The molecule has 0 radical (unpaired) electrons. The lowest BCUT2D eigenvalue weighted by molar-refractivity contribution is -0.115. The lowest BCUT2D eigenvalue weighted by Crippen LogP contribution is -2.41. The zero-order valence-corrected chi connectivity index (χ0v) is 15.9. The van der Waals surface area contributed by atoms with Crippen molar-refractivity contribution in [3.05, 3.63) is 65.7 Å². The van der Waals surface area contributed by atoms with Crippen LogP contribution in [-0.4, -0.2) is 35.8 Å². The van der Waals surface area contributed by atoms with Gasteiger partial charge in [0.2, 0.25) is 5.91 Å². The van der Waals surface area contributed by atoms with Crippen molar-refractivity contribution in [2.45, 2.75) is 32.9 Å². The average Bonchev–Trinajstić information content (AvgIpc) is 2.60. The summed E-state index contributed by atoms with van der Waals surface area (Å²) < 4.78 is 0. The highest BCUT2D eigenvalue weighted by molar-refractivity contribution is 5.97. The van der Waals surface area contributed by atoms with Gasteiger partial charge in [-0.05, 0) is 44.5 Å². The molecule has 2 rings (SSSR count). The molecular formula is C21H27N3O2. The fraction of sp³-hybridized carbons (Fsp3) is 0.333. The first kappa shape index (κ1) is 19.7. The molecule has 0 atom stereocenters. The van der Waals surface area contributed by atoms with Gasteiger partial charge in [-0.15, -0.1) is 0 Å². The van der Waals surface area contributed by atoms with Gasteiger partial charge in [-0.2, -0.15) is 0 Å². The fourth-order valence-corrected chi connectivity index (χ4v) is 2.43. The third-order valence-corrected chi connectivity index (χ3v) is 3.78. The van der Waals surface area contributed by atoms with Gasteiger partial charge < -0.3 is 15.5 Å². The Balaban J connectivity index is 1.99. The summed E-state index contributed by atoms with van der Waals surface area (Å²) in [6, 6.07) is 16.9. The maximum Gasteiger partial charge on any atom is 0.253 e. The van der Waals surface area contributed by atoms with E-state index in [0.29, 0.717) is 17.8 Å². The first-order valence-electron chi connectivity index (χ1n) is 8.69. The van der Waals surface area contributed by atoms with E-state index in [9.17, 15) is 9.59 Å². The molecule has 2 amide bonds. The van der Waals surface area contributed by atoms with Gasteiger partial charge >= 0.3 is 0 Å². The minimum Gasteiger partial charge on any atom is -0.337 e. The van der Waals surface area contributed by atoms with Crippen LogP contribution in [0.3, 0.4) is 0 Å². The summed E-state index contributed by atoms with van der Waals surface area (Å²) in [5, 5.41) is 5.96. The molecule has 138 valence electrons. The maximum atomic E-state index is 12.6. The highest BCUT2D eigenvalue weighted by Crippen LogP contribution is 2.14. The van der Waals surface area contributed by atoms with E-state index in [1.807, 2.05) is 51.1 Å². The van der Waals surface area contributed by atoms with E-state index in [0.717, 1.165) is 5.56 Å². The Morgan fingerprint density at radius 2 is 1.69 bits per heavy atom. The van der Waals surface area contributed by atoms with Crippen molar-refractivity contribution in [1.29, 1.82) is 0 Å². The monoisotopic (exact) mass is 353 g/mol. The molecule has 2 N–H and O–H groups in total. The quantitative estimate of drug-likeness (QED) is 0.838. The summed E-state index contributed by atoms with van der Waals surface area (Å²) in [6.45, 7) is 6.76. The summed E-state index contributed by atoms with van der Waals surface area (Å²) in [6.07, 6.45) is 0. The van der Waals surface area contributed by atoms with Crippen LogP contribution in [0.15, 0.2) is 54.6 Å². The van der Waals surface area contributed by atoms with E-state index < -0.39 is 0 Å². The number of anilines is 1. The van der Waals surface area contributed by atoms with Gasteiger partial charge in [0.05, 0.1) is 6.54 Å². The predicted octanol–water partition coefficient (Wildman–Crippen LogP) is 3.29. The largest absolute Gasteiger partial charge is 0.337 e. The minimum atomic E-state index is -0.137. The molecule has 0 heterocycles. The Kier molecular flexibility index (Phi) is 6.52. The van der Waals surface area contributed by atoms with Crippen molar-refractivity contribution in [3.63, 3.8) is 0 Å². The molecule has 0 aliphatic heterocycles. The molecule has 5 nitrogen and oxygen atoms in total. The molecule has 0 saturated carbocycles. The maximum absolute atomic E-state index is 12.6. The predicted molar refractivity (Wildman–Crippen MR) is 105 cm³/mol. The summed E-state index contributed by atoms with van der Waals surface area (Å²) in [5.41, 5.74) is 2.10. The number of nitrogens with one attached hydrogen (secondary N) is 2. The van der Waals surface area contributed by atoms with Crippen LogP contribution in [0.4, 0.5) is 5.69 Å². The number of rotatable bonds is 6. The van der Waals surface area contributed by atoms with Crippen molar-refractivity contribution in [1.82, 2.24) is 10.2 Å². The van der Waals surface area contributed by atoms with Crippen molar-refractivity contribution >= 4 is 17.5 Å². The van der Waals surface area contributed by atoms with E-state index in [4.69, 9.17) is 0 Å². The first-order valence-corrected chi connectivity index (χ1v) is 8.69. The van der Waals surface area contributed by atoms with Crippen LogP contribution in [0.25, 0.3) is 0 Å². The number of carbonyl (C=O) groups excluding carboxylic acids is 2. The molecule has 0 unspecified atom stereocenters. The van der Waals surface area contributed by atoms with Crippen LogP contribution >= 0.6 is 0 Å². The van der Waals surface area contributed by atoms with Gasteiger partial charge in [0.25, 0.3) is 5.91 Å². The first-order chi connectivity index (χ1) is 12.2. The number of amides is 2. The van der Waals surface area contributed by atoms with Crippen molar-refractivity contribution < 1.29 is 9.59 Å². The van der Waals surface area contributed by atoms with Gasteiger partial charge in [-0.1, -0.05) is 36.4 Å². The van der Waals surface area contributed by atoms with Gasteiger partial charge in [-0.3, -0.25) is 9.59 Å². The average molecular weight is 353 g/mol. The molecule has 0 fully saturated rings. The highest BCUT2D eigenvalue weighted by Gasteiger charge is 2.14.